The van der Waals surface area contributed by atoms with Crippen LogP contribution in [0.3, 0.4) is 0 Å². The quantitative estimate of drug-likeness (QED) is 0.0330. The number of allylic oxidation sites excluding steroid dienone is 2. The van der Waals surface area contributed by atoms with E-state index in [1.165, 1.54) is 19.9 Å². The first-order chi connectivity index (χ1) is 28.8. The molecule has 0 spiro atoms. The van der Waals surface area contributed by atoms with Gasteiger partial charge in [0.15, 0.2) is 22.8 Å². The molecule has 1 fully saturated rings. The van der Waals surface area contributed by atoms with Gasteiger partial charge in [-0.3, -0.25) is 37.3 Å². The molecular formula is C31H50N7O20P3S. The number of ether oxygens (including phenoxy) is 1. The highest BCUT2D eigenvalue weighted by molar-refractivity contribution is 8.13. The SMILES string of the molecule is CC(C)(COP(=O)(O)OP(=O)(O)OCC1OC(n2cnc3c(N)ncnc32)C(O)C1OP(=O)(O)O)C(O)C(=O)NCCC(=O)NCCSC(=O)CCC/C(O)=C/CCCC(=O)O. The van der Waals surface area contributed by atoms with Crippen molar-refractivity contribution < 1.29 is 95.5 Å². The summed E-state index contributed by atoms with van der Waals surface area (Å²) >= 11 is 0.980. The van der Waals surface area contributed by atoms with E-state index in [2.05, 4.69) is 34.4 Å². The normalized spacial score (nSPS) is 20.9. The molecule has 0 saturated carbocycles. The van der Waals surface area contributed by atoms with Crippen LogP contribution in [0.4, 0.5) is 5.82 Å². The molecule has 3 heterocycles. The molecule has 0 aliphatic carbocycles. The lowest BCUT2D eigenvalue weighted by atomic mass is 9.87. The number of carboxylic acids is 1. The smallest absolute Gasteiger partial charge is 0.481 e. The number of unbranched alkanes of at least 4 members (excludes halogenated alkanes) is 1. The fourth-order valence-electron chi connectivity index (χ4n) is 5.41. The predicted molar refractivity (Wildman–Crippen MR) is 213 cm³/mol. The van der Waals surface area contributed by atoms with Crippen molar-refractivity contribution in [1.82, 2.24) is 30.2 Å². The van der Waals surface area contributed by atoms with E-state index in [1.54, 1.807) is 0 Å². The van der Waals surface area contributed by atoms with Gasteiger partial charge in [-0.25, -0.2) is 28.6 Å². The van der Waals surface area contributed by atoms with Gasteiger partial charge in [0.1, 0.15) is 36.3 Å². The van der Waals surface area contributed by atoms with Crippen LogP contribution in [0.15, 0.2) is 24.5 Å². The number of aliphatic hydroxyl groups is 3. The predicted octanol–water partition coefficient (Wildman–Crippen LogP) is 0.532. The summed E-state index contributed by atoms with van der Waals surface area (Å²) in [6, 6.07) is 0. The van der Waals surface area contributed by atoms with Crippen molar-refractivity contribution in [2.75, 3.05) is 37.8 Å². The lowest BCUT2D eigenvalue weighted by Gasteiger charge is -2.30. The van der Waals surface area contributed by atoms with Crippen LogP contribution >= 0.6 is 35.2 Å². The molecule has 1 aliphatic rings. The number of anilines is 1. The number of amides is 2. The number of carbonyl (C=O) groups excluding carboxylic acids is 3. The van der Waals surface area contributed by atoms with E-state index in [9.17, 15) is 67.8 Å². The van der Waals surface area contributed by atoms with Crippen LogP contribution in [0.25, 0.3) is 11.2 Å². The van der Waals surface area contributed by atoms with Crippen LogP contribution in [0.5, 0.6) is 0 Å². The molecule has 31 heteroatoms. The highest BCUT2D eigenvalue weighted by Crippen LogP contribution is 2.61. The Bertz CT molecular complexity index is 2050. The maximum atomic E-state index is 12.7. The number of carboxylic acid groups (broad SMARTS) is 1. The molecule has 1 saturated heterocycles. The lowest BCUT2D eigenvalue weighted by molar-refractivity contribution is -0.137. The van der Waals surface area contributed by atoms with Crippen LogP contribution in [0, 0.1) is 5.41 Å². The van der Waals surface area contributed by atoms with Gasteiger partial charge in [0.25, 0.3) is 0 Å². The summed E-state index contributed by atoms with van der Waals surface area (Å²) in [5, 5.41) is 44.6. The molecule has 0 radical (unpaired) electrons. The molecule has 0 aromatic carbocycles. The molecular weight excluding hydrogens is 915 g/mol. The highest BCUT2D eigenvalue weighted by Gasteiger charge is 2.50. The van der Waals surface area contributed by atoms with E-state index in [0.29, 0.717) is 19.3 Å². The first-order valence-electron chi connectivity index (χ1n) is 18.4. The fraction of sp³-hybridized carbons (Fsp3) is 0.645. The molecule has 0 bridgehead atoms. The Kier molecular flexibility index (Phi) is 20.0. The summed E-state index contributed by atoms with van der Waals surface area (Å²) in [5.74, 6) is -2.15. The molecule has 1 aliphatic heterocycles. The van der Waals surface area contributed by atoms with Gasteiger partial charge in [-0.15, -0.1) is 0 Å². The van der Waals surface area contributed by atoms with Crippen molar-refractivity contribution in [3.8, 4) is 0 Å². The topological polar surface area (TPSA) is 421 Å². The number of hydrogen-bond acceptors (Lipinski definition) is 20. The van der Waals surface area contributed by atoms with Crippen molar-refractivity contribution in [3.63, 3.8) is 0 Å². The number of aromatic nitrogens is 4. The van der Waals surface area contributed by atoms with Gasteiger partial charge in [0, 0.05) is 49.9 Å². The molecule has 2 aromatic rings. The number of imidazole rings is 1. The highest BCUT2D eigenvalue weighted by atomic mass is 32.2. The van der Waals surface area contributed by atoms with Crippen LogP contribution in [-0.2, 0) is 55.5 Å². The van der Waals surface area contributed by atoms with E-state index >= 15 is 0 Å². The first kappa shape index (κ1) is 52.9. The lowest BCUT2D eigenvalue weighted by Crippen LogP contribution is -2.46. The van der Waals surface area contributed by atoms with E-state index in [0.717, 1.165) is 29.0 Å². The first-order valence-corrected chi connectivity index (χ1v) is 24.0. The number of rotatable bonds is 27. The molecule has 3 rings (SSSR count). The Morgan fingerprint density at radius 3 is 2.35 bits per heavy atom. The number of fused-ring (bicyclic) bond motifs is 1. The minimum Gasteiger partial charge on any atom is -0.513 e. The van der Waals surface area contributed by atoms with Gasteiger partial charge < -0.3 is 61.1 Å². The number of aliphatic hydroxyl groups excluding tert-OH is 3. The summed E-state index contributed by atoms with van der Waals surface area (Å²) in [6.07, 6.45) is -3.95. The molecule has 12 N–H and O–H groups in total. The van der Waals surface area contributed by atoms with Gasteiger partial charge >= 0.3 is 29.4 Å². The number of nitrogens with one attached hydrogen (secondary N) is 2. The second kappa shape index (κ2) is 23.5. The number of hydrogen-bond donors (Lipinski definition) is 11. The maximum Gasteiger partial charge on any atom is 0.481 e. The van der Waals surface area contributed by atoms with Gasteiger partial charge in [-0.2, -0.15) is 4.31 Å². The summed E-state index contributed by atoms with van der Waals surface area (Å²) < 4.78 is 62.1. The number of thioether (sulfide) groups is 1. The van der Waals surface area contributed by atoms with Crippen molar-refractivity contribution in [1.29, 1.82) is 0 Å². The zero-order chi connectivity index (χ0) is 46.5. The summed E-state index contributed by atoms with van der Waals surface area (Å²) in [4.78, 5) is 98.3. The van der Waals surface area contributed by atoms with Crippen LogP contribution in [0.2, 0.25) is 0 Å². The maximum absolute atomic E-state index is 12.7. The minimum atomic E-state index is -5.60. The Morgan fingerprint density at radius 2 is 1.68 bits per heavy atom. The summed E-state index contributed by atoms with van der Waals surface area (Å²) in [7, 11) is -16.5. The molecule has 2 aromatic heterocycles. The molecule has 2 amide bonds. The van der Waals surface area contributed by atoms with E-state index in [1.807, 2.05) is 0 Å². The van der Waals surface area contributed by atoms with Crippen LogP contribution in [-0.4, -0.2) is 139 Å². The zero-order valence-corrected chi connectivity index (χ0v) is 36.7. The van der Waals surface area contributed by atoms with E-state index < -0.39 is 90.5 Å². The van der Waals surface area contributed by atoms with Gasteiger partial charge in [0.05, 0.1) is 25.3 Å². The Morgan fingerprint density at radius 1 is 0.984 bits per heavy atom. The number of phosphoric acid groups is 3. The zero-order valence-electron chi connectivity index (χ0n) is 33.2. The van der Waals surface area contributed by atoms with Crippen LogP contribution in [0.1, 0.15) is 65.0 Å². The fourth-order valence-corrected chi connectivity index (χ4v) is 8.95. The van der Waals surface area contributed by atoms with Crippen LogP contribution < -0.4 is 16.4 Å². The summed E-state index contributed by atoms with van der Waals surface area (Å²) in [6.45, 7) is 0.279. The van der Waals surface area contributed by atoms with Crippen molar-refractivity contribution in [3.05, 3.63) is 24.5 Å². The monoisotopic (exact) mass is 965 g/mol. The molecule has 7 atom stereocenters. The number of nitrogen functional groups attached to an aromatic ring is 1. The Balaban J connectivity index is 1.40. The third kappa shape index (κ3) is 17.6. The average molecular weight is 966 g/mol. The minimum absolute atomic E-state index is 0.00909. The Labute approximate surface area is 357 Å². The third-order valence-electron chi connectivity index (χ3n) is 8.55. The van der Waals surface area contributed by atoms with E-state index in [4.69, 9.17) is 24.6 Å². The molecule has 27 nitrogen and oxygen atoms in total. The second-order valence-corrected chi connectivity index (χ2v) is 19.5. The average Bonchev–Trinajstić information content (AvgIpc) is 3.73. The van der Waals surface area contributed by atoms with Crippen molar-refractivity contribution in [2.24, 2.45) is 5.41 Å². The standard InChI is InChI=1S/C31H50N7O20P3S/c1-31(2,26(45)29(46)34-11-10-20(40)33-12-13-62-22(43)9-5-7-18(39)6-3-4-8-21(41)42)15-55-61(52,53)58-60(50,51)54-14-19-25(57-59(47,48)49)24(44)30(56-19)38-17-37-23-27(32)35-16-36-28(23)38/h6,16-17,19,24-26,30,39,44-45H,3-5,7-15H2,1-2H3,(H,33,40)(H,34,46)(H,41,42)(H,50,51)(H,52,53)(H2,32,35,36)(H2,47,48,49)/b18-6-. The number of phosphoric ester groups is 3. The number of nitrogens with two attached hydrogens (primary N) is 1. The molecule has 350 valence electrons. The molecule has 7 unspecified atom stereocenters. The van der Waals surface area contributed by atoms with Crippen molar-refractivity contribution >= 4 is 75.1 Å². The number of carbonyl (C=O) groups is 4. The van der Waals surface area contributed by atoms with Crippen molar-refractivity contribution in [2.45, 2.75) is 89.4 Å². The second-order valence-electron chi connectivity index (χ2n) is 14.1. The third-order valence-corrected chi connectivity index (χ3v) is 12.6. The van der Waals surface area contributed by atoms with E-state index in [-0.39, 0.29) is 72.4 Å². The largest absolute Gasteiger partial charge is 0.513 e. The molecule has 62 heavy (non-hydrogen) atoms. The van der Waals surface area contributed by atoms with Gasteiger partial charge in [-0.05, 0) is 25.3 Å². The summed E-state index contributed by atoms with van der Waals surface area (Å²) in [5.41, 5.74) is 4.21. The number of aliphatic carboxylic acids is 1. The Hall–Kier alpha value is -3.43. The number of nitrogens with zero attached hydrogens (tertiary/aromatic N) is 4. The van der Waals surface area contributed by atoms with Gasteiger partial charge in [-0.1, -0.05) is 25.6 Å². The van der Waals surface area contributed by atoms with Gasteiger partial charge in [0.2, 0.25) is 11.8 Å².